The van der Waals surface area contributed by atoms with Crippen molar-refractivity contribution in [2.45, 2.75) is 19.8 Å². The summed E-state index contributed by atoms with van der Waals surface area (Å²) in [7, 11) is -3.00. The van der Waals surface area contributed by atoms with Gasteiger partial charge in [-0.3, -0.25) is 4.79 Å². The maximum atomic E-state index is 11.8. The minimum atomic E-state index is -3.00. The average Bonchev–Trinajstić information content (AvgIpc) is 2.33. The van der Waals surface area contributed by atoms with Gasteiger partial charge in [0.25, 0.3) is 0 Å². The zero-order chi connectivity index (χ0) is 14.5. The molecule has 1 heterocycles. The molecule has 0 aromatic rings. The zero-order valence-electron chi connectivity index (χ0n) is 11.0. The summed E-state index contributed by atoms with van der Waals surface area (Å²) in [6.45, 7) is 2.56. The van der Waals surface area contributed by atoms with E-state index in [1.54, 1.807) is 0 Å². The number of carboxylic acid groups (broad SMARTS) is 1. The predicted molar refractivity (Wildman–Crippen MR) is 69.7 cm³/mol. The Labute approximate surface area is 112 Å². The van der Waals surface area contributed by atoms with Crippen molar-refractivity contribution in [1.82, 2.24) is 10.2 Å². The molecule has 7 nitrogen and oxygen atoms in total. The van der Waals surface area contributed by atoms with Crippen molar-refractivity contribution >= 4 is 21.8 Å². The Balaban J connectivity index is 2.37. The molecule has 0 bridgehead atoms. The van der Waals surface area contributed by atoms with E-state index in [-0.39, 0.29) is 43.0 Å². The van der Waals surface area contributed by atoms with Crippen molar-refractivity contribution in [1.29, 1.82) is 0 Å². The highest BCUT2D eigenvalue weighted by Gasteiger charge is 2.25. The van der Waals surface area contributed by atoms with Crippen LogP contribution in [0.2, 0.25) is 0 Å². The minimum Gasteiger partial charge on any atom is -0.481 e. The number of nitrogens with one attached hydrogen (secondary N) is 1. The highest BCUT2D eigenvalue weighted by Crippen LogP contribution is 2.08. The third kappa shape index (κ3) is 5.46. The maximum absolute atomic E-state index is 11.8. The molecule has 8 heteroatoms. The van der Waals surface area contributed by atoms with Crippen LogP contribution in [-0.4, -0.2) is 61.6 Å². The quantitative estimate of drug-likeness (QED) is 0.738. The van der Waals surface area contributed by atoms with E-state index in [0.29, 0.717) is 13.0 Å². The monoisotopic (exact) mass is 292 g/mol. The Hall–Kier alpha value is -1.31. The van der Waals surface area contributed by atoms with Crippen LogP contribution in [0.15, 0.2) is 0 Å². The van der Waals surface area contributed by atoms with Gasteiger partial charge in [0.15, 0.2) is 9.84 Å². The summed E-state index contributed by atoms with van der Waals surface area (Å²) in [6, 6.07) is -0.321. The van der Waals surface area contributed by atoms with Crippen LogP contribution in [0, 0.1) is 5.92 Å². The summed E-state index contributed by atoms with van der Waals surface area (Å²) in [5, 5.41) is 11.4. The molecule has 0 aromatic heterocycles. The van der Waals surface area contributed by atoms with Gasteiger partial charge in [0, 0.05) is 26.1 Å². The van der Waals surface area contributed by atoms with Gasteiger partial charge in [0.05, 0.1) is 11.5 Å². The summed E-state index contributed by atoms with van der Waals surface area (Å²) in [6.07, 6.45) is 0.687. The first-order chi connectivity index (χ1) is 8.84. The van der Waals surface area contributed by atoms with Crippen molar-refractivity contribution in [2.75, 3.05) is 31.1 Å². The number of aliphatic carboxylic acids is 1. The first-order valence-electron chi connectivity index (χ1n) is 6.29. The van der Waals surface area contributed by atoms with Crippen LogP contribution >= 0.6 is 0 Å². The van der Waals surface area contributed by atoms with Gasteiger partial charge in [-0.1, -0.05) is 13.3 Å². The average molecular weight is 292 g/mol. The SMILES string of the molecule is CCC(CNC(=O)N1CCS(=O)(=O)CC1)CC(=O)O. The molecule has 0 saturated carbocycles. The summed E-state index contributed by atoms with van der Waals surface area (Å²) in [5.74, 6) is -1.00. The van der Waals surface area contributed by atoms with Gasteiger partial charge in [-0.2, -0.15) is 0 Å². The van der Waals surface area contributed by atoms with Crippen LogP contribution < -0.4 is 5.32 Å². The summed E-state index contributed by atoms with van der Waals surface area (Å²) >= 11 is 0. The Morgan fingerprint density at radius 2 is 1.89 bits per heavy atom. The van der Waals surface area contributed by atoms with Crippen molar-refractivity contribution in [2.24, 2.45) is 5.92 Å². The summed E-state index contributed by atoms with van der Waals surface area (Å²) in [5.41, 5.74) is 0. The first kappa shape index (κ1) is 15.7. The molecule has 1 aliphatic heterocycles. The van der Waals surface area contributed by atoms with E-state index in [0.717, 1.165) is 0 Å². The van der Waals surface area contributed by atoms with Gasteiger partial charge in [0.1, 0.15) is 0 Å². The second-order valence-corrected chi connectivity index (χ2v) is 7.00. The number of carboxylic acids is 1. The number of amides is 2. The Kier molecular flexibility index (Phi) is 5.59. The number of urea groups is 1. The smallest absolute Gasteiger partial charge is 0.317 e. The summed E-state index contributed by atoms with van der Waals surface area (Å²) in [4.78, 5) is 23.8. The fraction of sp³-hybridized carbons (Fsp3) is 0.818. The second-order valence-electron chi connectivity index (χ2n) is 4.70. The van der Waals surface area contributed by atoms with Crippen molar-refractivity contribution < 1.29 is 23.1 Å². The molecular weight excluding hydrogens is 272 g/mol. The minimum absolute atomic E-state index is 0.00719. The van der Waals surface area contributed by atoms with Crippen LogP contribution in [0.3, 0.4) is 0 Å². The highest BCUT2D eigenvalue weighted by molar-refractivity contribution is 7.91. The Bertz CT molecular complexity index is 420. The molecule has 0 aromatic carbocycles. The lowest BCUT2D eigenvalue weighted by atomic mass is 10.0. The predicted octanol–water partition coefficient (Wildman–Crippen LogP) is -0.0727. The molecule has 1 saturated heterocycles. The molecule has 1 fully saturated rings. The molecule has 2 amide bonds. The van der Waals surface area contributed by atoms with Gasteiger partial charge < -0.3 is 15.3 Å². The lowest BCUT2D eigenvalue weighted by Crippen LogP contribution is -2.49. The van der Waals surface area contributed by atoms with Crippen LogP contribution in [-0.2, 0) is 14.6 Å². The van der Waals surface area contributed by atoms with Crippen molar-refractivity contribution in [3.63, 3.8) is 0 Å². The number of rotatable bonds is 5. The van der Waals surface area contributed by atoms with Crippen LogP contribution in [0.1, 0.15) is 19.8 Å². The molecule has 1 unspecified atom stereocenters. The van der Waals surface area contributed by atoms with Crippen LogP contribution in [0.4, 0.5) is 4.79 Å². The molecule has 1 aliphatic rings. The number of hydrogen-bond donors (Lipinski definition) is 2. The largest absolute Gasteiger partial charge is 0.481 e. The molecule has 0 radical (unpaired) electrons. The highest BCUT2D eigenvalue weighted by atomic mass is 32.2. The van der Waals surface area contributed by atoms with Crippen molar-refractivity contribution in [3.05, 3.63) is 0 Å². The normalized spacial score (nSPS) is 19.7. The fourth-order valence-electron chi connectivity index (χ4n) is 1.87. The van der Waals surface area contributed by atoms with Gasteiger partial charge in [-0.25, -0.2) is 13.2 Å². The Morgan fingerprint density at radius 3 is 2.37 bits per heavy atom. The van der Waals surface area contributed by atoms with E-state index in [1.807, 2.05) is 6.92 Å². The molecule has 1 rings (SSSR count). The first-order valence-corrected chi connectivity index (χ1v) is 8.11. The number of sulfone groups is 1. The number of hydrogen-bond acceptors (Lipinski definition) is 4. The molecular formula is C11H20N2O5S. The number of carbonyl (C=O) groups is 2. The van der Waals surface area contributed by atoms with E-state index in [1.165, 1.54) is 4.90 Å². The van der Waals surface area contributed by atoms with Crippen molar-refractivity contribution in [3.8, 4) is 0 Å². The van der Waals surface area contributed by atoms with E-state index in [4.69, 9.17) is 5.11 Å². The standard InChI is InChI=1S/C11H20N2O5S/c1-2-9(7-10(14)15)8-12-11(16)13-3-5-19(17,18)6-4-13/h9H,2-8H2,1H3,(H,12,16)(H,14,15). The van der Waals surface area contributed by atoms with Gasteiger partial charge in [-0.15, -0.1) is 0 Å². The van der Waals surface area contributed by atoms with E-state index < -0.39 is 15.8 Å². The Morgan fingerprint density at radius 1 is 1.32 bits per heavy atom. The lowest BCUT2D eigenvalue weighted by molar-refractivity contribution is -0.138. The van der Waals surface area contributed by atoms with E-state index >= 15 is 0 Å². The topological polar surface area (TPSA) is 104 Å². The molecule has 2 N–H and O–H groups in total. The number of carbonyl (C=O) groups excluding carboxylic acids is 1. The maximum Gasteiger partial charge on any atom is 0.317 e. The molecule has 0 aliphatic carbocycles. The van der Waals surface area contributed by atoms with E-state index in [2.05, 4.69) is 5.32 Å². The third-order valence-corrected chi connectivity index (χ3v) is 4.82. The van der Waals surface area contributed by atoms with Crippen LogP contribution in [0.25, 0.3) is 0 Å². The molecule has 19 heavy (non-hydrogen) atoms. The zero-order valence-corrected chi connectivity index (χ0v) is 11.8. The molecule has 1 atom stereocenters. The van der Waals surface area contributed by atoms with Crippen LogP contribution in [0.5, 0.6) is 0 Å². The van der Waals surface area contributed by atoms with Gasteiger partial charge >= 0.3 is 12.0 Å². The fourth-order valence-corrected chi connectivity index (χ4v) is 3.07. The van der Waals surface area contributed by atoms with Gasteiger partial charge in [-0.05, 0) is 5.92 Å². The lowest BCUT2D eigenvalue weighted by Gasteiger charge is -2.27. The second kappa shape index (κ2) is 6.74. The molecule has 110 valence electrons. The molecule has 0 spiro atoms. The summed E-state index contributed by atoms with van der Waals surface area (Å²) < 4.78 is 22.5. The van der Waals surface area contributed by atoms with Gasteiger partial charge in [0.2, 0.25) is 0 Å². The third-order valence-electron chi connectivity index (χ3n) is 3.21. The van der Waals surface area contributed by atoms with E-state index in [9.17, 15) is 18.0 Å². The number of nitrogens with zero attached hydrogens (tertiary/aromatic N) is 1.